The zero-order valence-electron chi connectivity index (χ0n) is 17.8. The lowest BCUT2D eigenvalue weighted by atomic mass is 10.1. The van der Waals surface area contributed by atoms with Crippen molar-refractivity contribution in [2.75, 3.05) is 16.9 Å². The summed E-state index contributed by atoms with van der Waals surface area (Å²) >= 11 is 7.16. The van der Waals surface area contributed by atoms with Crippen LogP contribution in [0.25, 0.3) is 22.8 Å². The van der Waals surface area contributed by atoms with Crippen molar-refractivity contribution in [3.63, 3.8) is 0 Å². The molecule has 32 heavy (non-hydrogen) atoms. The molecule has 0 spiro atoms. The number of amides is 1. The number of nitrogens with zero attached hydrogens (tertiary/aromatic N) is 4. The van der Waals surface area contributed by atoms with Crippen LogP contribution in [-0.4, -0.2) is 36.7 Å². The van der Waals surface area contributed by atoms with E-state index in [1.54, 1.807) is 12.1 Å². The van der Waals surface area contributed by atoms with Gasteiger partial charge in [-0.3, -0.25) is 9.89 Å². The molecule has 0 aliphatic carbocycles. The molecule has 164 valence electrons. The summed E-state index contributed by atoms with van der Waals surface area (Å²) in [7, 11) is 0. The summed E-state index contributed by atoms with van der Waals surface area (Å²) in [5.41, 5.74) is 6.32. The second-order valence-electron chi connectivity index (χ2n) is 7.46. The van der Waals surface area contributed by atoms with Crippen LogP contribution in [0, 0.1) is 20.8 Å². The molecule has 0 aliphatic rings. The molecule has 0 saturated carbocycles. The van der Waals surface area contributed by atoms with Crippen LogP contribution in [0.5, 0.6) is 0 Å². The number of anilines is 1. The maximum atomic E-state index is 12.5. The summed E-state index contributed by atoms with van der Waals surface area (Å²) < 4.78 is 1.35. The topological polar surface area (TPSA) is 115 Å². The van der Waals surface area contributed by atoms with Crippen LogP contribution < -0.4 is 11.2 Å². The number of nitrogens with two attached hydrogens (primary N) is 1. The van der Waals surface area contributed by atoms with E-state index in [1.807, 2.05) is 51.1 Å². The fraction of sp³-hybridized carbons (Fsp3) is 0.182. The van der Waals surface area contributed by atoms with Crippen molar-refractivity contribution < 1.29 is 4.79 Å². The van der Waals surface area contributed by atoms with Gasteiger partial charge in [-0.2, -0.15) is 5.10 Å². The van der Waals surface area contributed by atoms with E-state index < -0.39 is 0 Å². The predicted octanol–water partition coefficient (Wildman–Crippen LogP) is 4.36. The summed E-state index contributed by atoms with van der Waals surface area (Å²) in [5.74, 6) is 6.62. The minimum absolute atomic E-state index is 0.138. The van der Waals surface area contributed by atoms with Crippen molar-refractivity contribution in [1.29, 1.82) is 0 Å². The van der Waals surface area contributed by atoms with Gasteiger partial charge in [0.1, 0.15) is 5.69 Å². The highest BCUT2D eigenvalue weighted by Gasteiger charge is 2.17. The zero-order valence-corrected chi connectivity index (χ0v) is 19.4. The lowest BCUT2D eigenvalue weighted by Crippen LogP contribution is -2.17. The summed E-state index contributed by atoms with van der Waals surface area (Å²) in [6.07, 6.45) is 0. The Bertz CT molecular complexity index is 1260. The van der Waals surface area contributed by atoms with Gasteiger partial charge in [-0.1, -0.05) is 53.2 Å². The number of benzene rings is 2. The Morgan fingerprint density at radius 2 is 1.81 bits per heavy atom. The molecular formula is C22H22ClN7OS. The van der Waals surface area contributed by atoms with Crippen molar-refractivity contribution in [3.8, 4) is 22.8 Å². The van der Waals surface area contributed by atoms with E-state index in [9.17, 15) is 4.79 Å². The van der Waals surface area contributed by atoms with Crippen molar-refractivity contribution in [1.82, 2.24) is 25.1 Å². The Balaban J connectivity index is 1.44. The third kappa shape index (κ3) is 4.63. The minimum Gasteiger partial charge on any atom is -0.335 e. The number of aromatic amines is 1. The molecule has 8 nitrogen and oxygen atoms in total. The average molecular weight is 468 g/mol. The normalized spacial score (nSPS) is 11.0. The maximum Gasteiger partial charge on any atom is 0.234 e. The molecule has 2 heterocycles. The van der Waals surface area contributed by atoms with Crippen LogP contribution in [0.1, 0.15) is 16.7 Å². The third-order valence-corrected chi connectivity index (χ3v) is 6.09. The van der Waals surface area contributed by atoms with Gasteiger partial charge in [0.15, 0.2) is 0 Å². The maximum absolute atomic E-state index is 12.5. The second-order valence-corrected chi connectivity index (χ2v) is 8.84. The number of halogens is 1. The lowest BCUT2D eigenvalue weighted by molar-refractivity contribution is -0.113. The van der Waals surface area contributed by atoms with Gasteiger partial charge in [0.2, 0.25) is 16.9 Å². The molecule has 0 bridgehead atoms. The number of H-pyrrole nitrogens is 1. The first kappa shape index (κ1) is 21.9. The fourth-order valence-electron chi connectivity index (χ4n) is 3.45. The Morgan fingerprint density at radius 3 is 2.50 bits per heavy atom. The number of thioether (sulfide) groups is 1. The summed E-state index contributed by atoms with van der Waals surface area (Å²) in [4.78, 5) is 12.5. The zero-order chi connectivity index (χ0) is 22.8. The SMILES string of the molecule is Cc1cc(C)c(NC(=O)CSc2nnc(-c3cc(-c4ccc(Cl)cc4)n[nH]3)n2N)c(C)c1. The van der Waals surface area contributed by atoms with Gasteiger partial charge < -0.3 is 11.2 Å². The molecule has 1 amide bonds. The number of nitrogen functional groups attached to an aromatic ring is 1. The standard InChI is InChI=1S/C22H22ClN7OS/c1-12-8-13(2)20(14(3)9-12)25-19(31)11-32-22-29-28-21(30(22)24)18-10-17(26-27-18)15-4-6-16(23)7-5-15/h4-10H,11,24H2,1-3H3,(H,25,31)(H,26,27). The Labute approximate surface area is 194 Å². The lowest BCUT2D eigenvalue weighted by Gasteiger charge is -2.12. The van der Waals surface area contributed by atoms with E-state index in [2.05, 4.69) is 25.7 Å². The highest BCUT2D eigenvalue weighted by molar-refractivity contribution is 7.99. The van der Waals surface area contributed by atoms with E-state index in [4.69, 9.17) is 17.4 Å². The summed E-state index contributed by atoms with van der Waals surface area (Å²) in [6.45, 7) is 5.99. The molecule has 2 aromatic carbocycles. The van der Waals surface area contributed by atoms with E-state index >= 15 is 0 Å². The minimum atomic E-state index is -0.138. The first-order valence-electron chi connectivity index (χ1n) is 9.84. The molecule has 0 radical (unpaired) electrons. The number of hydrogen-bond donors (Lipinski definition) is 3. The molecule has 0 unspecified atom stereocenters. The molecule has 4 aromatic rings. The van der Waals surface area contributed by atoms with Crippen LogP contribution in [-0.2, 0) is 4.79 Å². The van der Waals surface area contributed by atoms with Gasteiger partial charge in [-0.15, -0.1) is 10.2 Å². The van der Waals surface area contributed by atoms with Gasteiger partial charge >= 0.3 is 0 Å². The smallest absolute Gasteiger partial charge is 0.234 e. The number of hydrogen-bond acceptors (Lipinski definition) is 6. The van der Waals surface area contributed by atoms with Crippen molar-refractivity contribution in [2.24, 2.45) is 0 Å². The molecule has 0 saturated heterocycles. The van der Waals surface area contributed by atoms with Gasteiger partial charge in [-0.25, -0.2) is 4.68 Å². The van der Waals surface area contributed by atoms with E-state index in [0.29, 0.717) is 21.7 Å². The van der Waals surface area contributed by atoms with E-state index in [1.165, 1.54) is 16.4 Å². The van der Waals surface area contributed by atoms with E-state index in [0.717, 1.165) is 33.6 Å². The van der Waals surface area contributed by atoms with Gasteiger partial charge in [0.25, 0.3) is 0 Å². The van der Waals surface area contributed by atoms with E-state index in [-0.39, 0.29) is 11.7 Å². The highest BCUT2D eigenvalue weighted by Crippen LogP contribution is 2.26. The Morgan fingerprint density at radius 1 is 1.12 bits per heavy atom. The molecule has 0 aliphatic heterocycles. The van der Waals surface area contributed by atoms with Gasteiger partial charge in [-0.05, 0) is 50.1 Å². The quantitative estimate of drug-likeness (QED) is 0.287. The van der Waals surface area contributed by atoms with Gasteiger partial charge in [0.05, 0.1) is 11.4 Å². The largest absolute Gasteiger partial charge is 0.335 e. The Kier molecular flexibility index (Phi) is 6.20. The molecule has 10 heteroatoms. The van der Waals surface area contributed by atoms with Crippen LogP contribution in [0.2, 0.25) is 5.02 Å². The molecule has 4 N–H and O–H groups in total. The fourth-order valence-corrected chi connectivity index (χ4v) is 4.23. The van der Waals surface area contributed by atoms with Gasteiger partial charge in [0, 0.05) is 16.3 Å². The molecule has 0 atom stereocenters. The number of carbonyl (C=O) groups is 1. The van der Waals surface area contributed by atoms with Crippen LogP contribution in [0.15, 0.2) is 47.6 Å². The number of rotatable bonds is 6. The second kappa shape index (κ2) is 9.05. The first-order chi connectivity index (χ1) is 15.3. The van der Waals surface area contributed by atoms with Crippen molar-refractivity contribution >= 4 is 35.0 Å². The summed E-state index contributed by atoms with van der Waals surface area (Å²) in [6, 6.07) is 13.3. The third-order valence-electron chi connectivity index (χ3n) is 4.90. The number of aryl methyl sites for hydroxylation is 3. The molecule has 4 rings (SSSR count). The average Bonchev–Trinajstić information content (AvgIpc) is 3.36. The van der Waals surface area contributed by atoms with Crippen LogP contribution in [0.3, 0.4) is 0 Å². The molecule has 2 aromatic heterocycles. The molecule has 0 fully saturated rings. The monoisotopic (exact) mass is 467 g/mol. The molecular weight excluding hydrogens is 446 g/mol. The number of nitrogens with one attached hydrogen (secondary N) is 2. The van der Waals surface area contributed by atoms with Crippen LogP contribution in [0.4, 0.5) is 5.69 Å². The predicted molar refractivity (Wildman–Crippen MR) is 128 cm³/mol. The highest BCUT2D eigenvalue weighted by atomic mass is 35.5. The van der Waals surface area contributed by atoms with Crippen molar-refractivity contribution in [2.45, 2.75) is 25.9 Å². The van der Waals surface area contributed by atoms with Crippen molar-refractivity contribution in [3.05, 3.63) is 64.2 Å². The Hall–Kier alpha value is -3.30. The first-order valence-corrected chi connectivity index (χ1v) is 11.2. The van der Waals surface area contributed by atoms with Crippen LogP contribution >= 0.6 is 23.4 Å². The number of aromatic nitrogens is 5. The summed E-state index contributed by atoms with van der Waals surface area (Å²) in [5, 5.41) is 19.6. The number of carbonyl (C=O) groups excluding carboxylic acids is 1.